The molecule has 11 heteroatoms. The number of ether oxygens (including phenoxy) is 1. The Labute approximate surface area is 184 Å². The molecule has 0 fully saturated rings. The van der Waals surface area contributed by atoms with E-state index >= 15 is 0 Å². The first-order chi connectivity index (χ1) is 14.8. The predicted octanol–water partition coefficient (Wildman–Crippen LogP) is 4.33. The molecule has 4 aromatic rings. The van der Waals surface area contributed by atoms with Crippen LogP contribution in [0.1, 0.15) is 5.56 Å². The highest BCUT2D eigenvalue weighted by Gasteiger charge is 2.23. The lowest BCUT2D eigenvalue weighted by atomic mass is 10.2. The Morgan fingerprint density at radius 1 is 1.13 bits per heavy atom. The maximum absolute atomic E-state index is 14.1. The van der Waals surface area contributed by atoms with Gasteiger partial charge in [-0.05, 0) is 51.8 Å². The summed E-state index contributed by atoms with van der Waals surface area (Å²) in [5, 5.41) is 4.75. The molecule has 2 aromatic heterocycles. The third kappa shape index (κ3) is 4.37. The highest BCUT2D eigenvalue weighted by Crippen LogP contribution is 2.28. The normalized spacial score (nSPS) is 11.6. The molecular weight excluding hydrogens is 494 g/mol. The van der Waals surface area contributed by atoms with E-state index in [0.29, 0.717) is 33.9 Å². The number of benzene rings is 2. The maximum Gasteiger partial charge on any atom is 0.266 e. The Morgan fingerprint density at radius 3 is 2.55 bits per heavy atom. The van der Waals surface area contributed by atoms with Crippen LogP contribution in [0.25, 0.3) is 11.0 Å². The van der Waals surface area contributed by atoms with E-state index in [9.17, 15) is 17.2 Å². The van der Waals surface area contributed by atoms with Crippen molar-refractivity contribution in [2.75, 3.05) is 11.8 Å². The van der Waals surface area contributed by atoms with Crippen LogP contribution in [0.4, 0.5) is 14.6 Å². The van der Waals surface area contributed by atoms with Gasteiger partial charge in [-0.3, -0.25) is 4.72 Å². The van der Waals surface area contributed by atoms with E-state index in [4.69, 9.17) is 4.74 Å². The van der Waals surface area contributed by atoms with Crippen molar-refractivity contribution in [1.82, 2.24) is 14.8 Å². The fraction of sp³-hybridized carbons (Fsp3) is 0.100. The fourth-order valence-electron chi connectivity index (χ4n) is 3.00. The minimum atomic E-state index is -4.36. The molecule has 2 heterocycles. The van der Waals surface area contributed by atoms with Gasteiger partial charge in [0.2, 0.25) is 0 Å². The Balaban J connectivity index is 1.74. The number of halogens is 3. The average Bonchev–Trinajstić information content (AvgIpc) is 3.04. The molecule has 0 aliphatic heterocycles. The maximum atomic E-state index is 14.1. The van der Waals surface area contributed by atoms with Gasteiger partial charge < -0.3 is 4.74 Å². The third-order valence-electron chi connectivity index (χ3n) is 4.46. The van der Waals surface area contributed by atoms with Gasteiger partial charge in [0.15, 0.2) is 11.5 Å². The van der Waals surface area contributed by atoms with Crippen molar-refractivity contribution >= 4 is 42.8 Å². The summed E-state index contributed by atoms with van der Waals surface area (Å²) >= 11 is 3.31. The number of hydrogen-bond donors (Lipinski definition) is 1. The largest absolute Gasteiger partial charge is 0.497 e. The van der Waals surface area contributed by atoms with Crippen LogP contribution in [0.3, 0.4) is 0 Å². The Bertz CT molecular complexity index is 1380. The molecule has 1 N–H and O–H groups in total. The summed E-state index contributed by atoms with van der Waals surface area (Å²) in [4.78, 5) is 3.65. The zero-order valence-corrected chi connectivity index (χ0v) is 18.4. The molecule has 0 saturated carbocycles. The number of rotatable bonds is 6. The summed E-state index contributed by atoms with van der Waals surface area (Å²) in [5.41, 5.74) is 1.31. The van der Waals surface area contributed by atoms with E-state index in [2.05, 4.69) is 30.7 Å². The van der Waals surface area contributed by atoms with Crippen LogP contribution < -0.4 is 9.46 Å². The van der Waals surface area contributed by atoms with E-state index in [1.54, 1.807) is 31.5 Å². The second kappa shape index (κ2) is 8.23. The van der Waals surface area contributed by atoms with E-state index < -0.39 is 26.6 Å². The van der Waals surface area contributed by atoms with E-state index in [1.165, 1.54) is 4.68 Å². The lowest BCUT2D eigenvalue weighted by Gasteiger charge is -2.07. The molecule has 2 aromatic carbocycles. The second-order valence-electron chi connectivity index (χ2n) is 6.56. The van der Waals surface area contributed by atoms with Crippen molar-refractivity contribution in [2.24, 2.45) is 0 Å². The van der Waals surface area contributed by atoms with Gasteiger partial charge in [-0.25, -0.2) is 26.9 Å². The number of sulfonamides is 1. The van der Waals surface area contributed by atoms with Crippen molar-refractivity contribution in [1.29, 1.82) is 0 Å². The molecule has 0 aliphatic carbocycles. The van der Waals surface area contributed by atoms with Gasteiger partial charge in [0.1, 0.15) is 22.3 Å². The average molecular weight is 509 g/mol. The van der Waals surface area contributed by atoms with Crippen molar-refractivity contribution in [2.45, 2.75) is 11.4 Å². The fourth-order valence-corrected chi connectivity index (χ4v) is 4.41. The Morgan fingerprint density at radius 2 is 1.87 bits per heavy atom. The molecule has 0 aliphatic rings. The number of pyridine rings is 1. The number of hydrogen-bond acceptors (Lipinski definition) is 5. The van der Waals surface area contributed by atoms with Crippen LogP contribution in [0.15, 0.2) is 64.1 Å². The lowest BCUT2D eigenvalue weighted by Crippen LogP contribution is -2.15. The first-order valence-electron chi connectivity index (χ1n) is 8.90. The predicted molar refractivity (Wildman–Crippen MR) is 114 cm³/mol. The lowest BCUT2D eigenvalue weighted by molar-refractivity contribution is 0.414. The van der Waals surface area contributed by atoms with Crippen LogP contribution in [-0.4, -0.2) is 30.3 Å². The third-order valence-corrected chi connectivity index (χ3v) is 6.27. The summed E-state index contributed by atoms with van der Waals surface area (Å²) in [6.45, 7) is 0.307. The Hall–Kier alpha value is -3.05. The molecule has 0 atom stereocenters. The summed E-state index contributed by atoms with van der Waals surface area (Å²) < 4.78 is 62.3. The number of nitrogens with one attached hydrogen (secondary N) is 1. The van der Waals surface area contributed by atoms with Crippen molar-refractivity contribution in [3.8, 4) is 5.75 Å². The highest BCUT2D eigenvalue weighted by molar-refractivity contribution is 9.10. The van der Waals surface area contributed by atoms with Gasteiger partial charge in [-0.1, -0.05) is 12.1 Å². The van der Waals surface area contributed by atoms with Gasteiger partial charge in [0.05, 0.1) is 19.0 Å². The van der Waals surface area contributed by atoms with Crippen LogP contribution in [0.2, 0.25) is 0 Å². The van der Waals surface area contributed by atoms with Crippen LogP contribution in [0, 0.1) is 11.6 Å². The first kappa shape index (κ1) is 21.2. The summed E-state index contributed by atoms with van der Waals surface area (Å²) in [5.74, 6) is -1.40. The second-order valence-corrected chi connectivity index (χ2v) is 9.13. The smallest absolute Gasteiger partial charge is 0.266 e. The van der Waals surface area contributed by atoms with Crippen LogP contribution in [-0.2, 0) is 16.6 Å². The van der Waals surface area contributed by atoms with E-state index in [-0.39, 0.29) is 5.82 Å². The number of fused-ring (bicyclic) bond motifs is 1. The molecule has 0 saturated heterocycles. The van der Waals surface area contributed by atoms with Gasteiger partial charge in [-0.15, -0.1) is 0 Å². The van der Waals surface area contributed by atoms with Crippen molar-refractivity contribution in [3.05, 3.63) is 76.4 Å². The minimum Gasteiger partial charge on any atom is -0.497 e. The summed E-state index contributed by atoms with van der Waals surface area (Å²) in [7, 11) is -2.79. The van der Waals surface area contributed by atoms with Gasteiger partial charge >= 0.3 is 0 Å². The zero-order chi connectivity index (χ0) is 22.2. The number of aromatic nitrogens is 3. The van der Waals surface area contributed by atoms with Gasteiger partial charge in [0.25, 0.3) is 10.0 Å². The number of methoxy groups -OCH3 is 1. The highest BCUT2D eigenvalue weighted by atomic mass is 79.9. The summed E-state index contributed by atoms with van der Waals surface area (Å²) in [6.07, 6.45) is 1.56. The minimum absolute atomic E-state index is 0.0268. The molecule has 0 amide bonds. The number of anilines is 1. The Kier molecular flexibility index (Phi) is 5.63. The SMILES string of the molecule is COc1ccc(Cn2nc(NS(=O)(=O)c3ccc(F)cc3F)c3cc(Br)cnc32)cc1. The van der Waals surface area contributed by atoms with Crippen molar-refractivity contribution in [3.63, 3.8) is 0 Å². The van der Waals surface area contributed by atoms with Crippen LogP contribution in [0.5, 0.6) is 5.75 Å². The molecule has 7 nitrogen and oxygen atoms in total. The molecule has 4 rings (SSSR count). The molecule has 0 spiro atoms. The summed E-state index contributed by atoms with van der Waals surface area (Å²) in [6, 6.07) is 11.2. The quantitative estimate of drug-likeness (QED) is 0.418. The molecule has 0 radical (unpaired) electrons. The van der Waals surface area contributed by atoms with E-state index in [1.807, 2.05) is 12.1 Å². The number of nitrogens with zero attached hydrogens (tertiary/aromatic N) is 3. The monoisotopic (exact) mass is 508 g/mol. The van der Waals surface area contributed by atoms with Gasteiger partial charge in [-0.2, -0.15) is 5.10 Å². The zero-order valence-electron chi connectivity index (χ0n) is 16.0. The molecule has 31 heavy (non-hydrogen) atoms. The topological polar surface area (TPSA) is 86.1 Å². The first-order valence-corrected chi connectivity index (χ1v) is 11.2. The molecule has 0 unspecified atom stereocenters. The van der Waals surface area contributed by atoms with Crippen LogP contribution >= 0.6 is 15.9 Å². The van der Waals surface area contributed by atoms with Crippen molar-refractivity contribution < 1.29 is 21.9 Å². The molecular formula is C20H15BrF2N4O3S. The standard InChI is InChI=1S/C20H15BrF2N4O3S/c1-30-15-5-2-12(3-6-15)11-27-20-16(8-13(21)10-24-20)19(25-27)26-31(28,29)18-7-4-14(22)9-17(18)23/h2-10H,11H2,1H3,(H,25,26). The molecule has 160 valence electrons. The van der Waals surface area contributed by atoms with Gasteiger partial charge in [0, 0.05) is 16.7 Å². The van der Waals surface area contributed by atoms with E-state index in [0.717, 1.165) is 17.7 Å². The molecule has 0 bridgehead atoms.